The highest BCUT2D eigenvalue weighted by Crippen LogP contribution is 2.28. The van der Waals surface area contributed by atoms with Gasteiger partial charge in [-0.3, -0.25) is 25.4 Å². The summed E-state index contributed by atoms with van der Waals surface area (Å²) in [5, 5.41) is 0.892. The van der Waals surface area contributed by atoms with Gasteiger partial charge < -0.3 is 0 Å². The number of benzene rings is 1. The molecule has 0 atom stereocenters. The topological polar surface area (TPSA) is 71.1 Å². The predicted molar refractivity (Wildman–Crippen MR) is 70.1 cm³/mol. The van der Waals surface area contributed by atoms with Crippen LogP contribution in [0.25, 0.3) is 10.9 Å². The van der Waals surface area contributed by atoms with Crippen molar-refractivity contribution >= 4 is 22.7 Å². The summed E-state index contributed by atoms with van der Waals surface area (Å²) in [5.41, 5.74) is 5.96. The third kappa shape index (κ3) is 2.40. The highest BCUT2D eigenvalue weighted by molar-refractivity contribution is 6.05. The number of carbonyl (C=O) groups excluding carboxylic acids is 2. The summed E-state index contributed by atoms with van der Waals surface area (Å²) in [7, 11) is 0. The summed E-state index contributed by atoms with van der Waals surface area (Å²) in [6.45, 7) is 0. The highest BCUT2D eigenvalue weighted by atomic mass is 16.2. The van der Waals surface area contributed by atoms with Crippen LogP contribution < -0.4 is 10.9 Å². The second kappa shape index (κ2) is 4.68. The fraction of sp³-hybridized carbons (Fsp3) is 0.214. The van der Waals surface area contributed by atoms with Crippen LogP contribution in [0.1, 0.15) is 23.2 Å². The zero-order chi connectivity index (χ0) is 13.2. The SMILES string of the molecule is O=C(NNC(=O)C1CC1)c1cccc2cccnc12. The smallest absolute Gasteiger partial charge is 0.271 e. The second-order valence-electron chi connectivity index (χ2n) is 4.60. The van der Waals surface area contributed by atoms with E-state index in [9.17, 15) is 9.59 Å². The number of para-hydroxylation sites is 1. The van der Waals surface area contributed by atoms with Crippen LogP contribution in [0.15, 0.2) is 36.5 Å². The van der Waals surface area contributed by atoms with Crippen LogP contribution in [0.2, 0.25) is 0 Å². The summed E-state index contributed by atoms with van der Waals surface area (Å²) >= 11 is 0. The van der Waals surface area contributed by atoms with Gasteiger partial charge in [0, 0.05) is 17.5 Å². The van der Waals surface area contributed by atoms with Crippen molar-refractivity contribution in [2.75, 3.05) is 0 Å². The number of nitrogens with zero attached hydrogens (tertiary/aromatic N) is 1. The van der Waals surface area contributed by atoms with Crippen LogP contribution in [-0.2, 0) is 4.79 Å². The Hall–Kier alpha value is -2.43. The van der Waals surface area contributed by atoms with Crippen molar-refractivity contribution in [1.29, 1.82) is 0 Å². The minimum absolute atomic E-state index is 0.0611. The Morgan fingerprint density at radius 3 is 2.68 bits per heavy atom. The zero-order valence-electron chi connectivity index (χ0n) is 10.2. The molecule has 2 N–H and O–H groups in total. The van der Waals surface area contributed by atoms with Gasteiger partial charge >= 0.3 is 0 Å². The Bertz CT molecular complexity index is 645. The average Bonchev–Trinajstić information content (AvgIpc) is 3.28. The van der Waals surface area contributed by atoms with Gasteiger partial charge in [-0.1, -0.05) is 18.2 Å². The fourth-order valence-electron chi connectivity index (χ4n) is 1.92. The molecule has 1 saturated carbocycles. The van der Waals surface area contributed by atoms with Gasteiger partial charge in [0.05, 0.1) is 11.1 Å². The number of hydrogen-bond donors (Lipinski definition) is 2. The number of amides is 2. The summed E-state index contributed by atoms with van der Waals surface area (Å²) in [6, 6.07) is 9.08. The van der Waals surface area contributed by atoms with E-state index in [1.54, 1.807) is 18.3 Å². The van der Waals surface area contributed by atoms with E-state index in [-0.39, 0.29) is 17.7 Å². The first kappa shape index (κ1) is 11.6. The van der Waals surface area contributed by atoms with Crippen molar-refractivity contribution in [1.82, 2.24) is 15.8 Å². The average molecular weight is 255 g/mol. The van der Waals surface area contributed by atoms with Crippen LogP contribution in [0.4, 0.5) is 0 Å². The molecular weight excluding hydrogens is 242 g/mol. The maximum Gasteiger partial charge on any atom is 0.271 e. The van der Waals surface area contributed by atoms with E-state index < -0.39 is 0 Å². The normalized spacial score (nSPS) is 14.1. The van der Waals surface area contributed by atoms with Crippen LogP contribution in [0, 0.1) is 5.92 Å². The number of hydrogen-bond acceptors (Lipinski definition) is 3. The van der Waals surface area contributed by atoms with Crippen LogP contribution >= 0.6 is 0 Å². The van der Waals surface area contributed by atoms with Gasteiger partial charge in [0.2, 0.25) is 5.91 Å². The lowest BCUT2D eigenvalue weighted by Gasteiger charge is -2.08. The molecule has 1 aliphatic carbocycles. The lowest BCUT2D eigenvalue weighted by Crippen LogP contribution is -2.42. The summed E-state index contributed by atoms with van der Waals surface area (Å²) in [6.07, 6.45) is 3.44. The molecule has 0 saturated heterocycles. The monoisotopic (exact) mass is 255 g/mol. The molecule has 0 radical (unpaired) electrons. The van der Waals surface area contributed by atoms with Gasteiger partial charge in [-0.05, 0) is 25.0 Å². The van der Waals surface area contributed by atoms with Crippen molar-refractivity contribution in [3.8, 4) is 0 Å². The standard InChI is InChI=1S/C14H13N3O2/c18-13(10-6-7-10)16-17-14(19)11-5-1-3-9-4-2-8-15-12(9)11/h1-5,8,10H,6-7H2,(H,16,18)(H,17,19). The van der Waals surface area contributed by atoms with Gasteiger partial charge in [0.1, 0.15) is 0 Å². The van der Waals surface area contributed by atoms with E-state index in [2.05, 4.69) is 15.8 Å². The molecule has 2 aromatic rings. The molecule has 1 aromatic carbocycles. The predicted octanol–water partition coefficient (Wildman–Crippen LogP) is 1.41. The first-order valence-corrected chi connectivity index (χ1v) is 6.19. The first-order valence-electron chi connectivity index (χ1n) is 6.19. The first-order chi connectivity index (χ1) is 9.25. The van der Waals surface area contributed by atoms with Crippen molar-refractivity contribution in [2.45, 2.75) is 12.8 Å². The molecule has 0 aliphatic heterocycles. The molecule has 19 heavy (non-hydrogen) atoms. The minimum atomic E-state index is -0.349. The number of pyridine rings is 1. The number of carbonyl (C=O) groups is 2. The zero-order valence-corrected chi connectivity index (χ0v) is 10.2. The van der Waals surface area contributed by atoms with E-state index in [4.69, 9.17) is 0 Å². The molecule has 1 aromatic heterocycles. The highest BCUT2D eigenvalue weighted by Gasteiger charge is 2.29. The molecule has 3 rings (SSSR count). The number of nitrogens with one attached hydrogen (secondary N) is 2. The Labute approximate surface area is 110 Å². The summed E-state index contributed by atoms with van der Waals surface area (Å²) < 4.78 is 0. The lowest BCUT2D eigenvalue weighted by atomic mass is 10.1. The van der Waals surface area contributed by atoms with Crippen LogP contribution in [0.5, 0.6) is 0 Å². The molecular formula is C14H13N3O2. The Kier molecular flexibility index (Phi) is 2.87. The van der Waals surface area contributed by atoms with E-state index in [1.807, 2.05) is 18.2 Å². The van der Waals surface area contributed by atoms with E-state index in [0.29, 0.717) is 11.1 Å². The molecule has 1 heterocycles. The molecule has 1 fully saturated rings. The molecule has 96 valence electrons. The molecule has 0 spiro atoms. The number of fused-ring (bicyclic) bond motifs is 1. The van der Waals surface area contributed by atoms with E-state index in [0.717, 1.165) is 18.2 Å². The van der Waals surface area contributed by atoms with Gasteiger partial charge in [-0.2, -0.15) is 0 Å². The number of hydrazine groups is 1. The quantitative estimate of drug-likeness (QED) is 0.797. The Balaban J connectivity index is 1.79. The van der Waals surface area contributed by atoms with Gasteiger partial charge in [0.25, 0.3) is 5.91 Å². The van der Waals surface area contributed by atoms with Gasteiger partial charge in [-0.15, -0.1) is 0 Å². The summed E-state index contributed by atoms with van der Waals surface area (Å²) in [4.78, 5) is 27.7. The number of aromatic nitrogens is 1. The van der Waals surface area contributed by atoms with Crippen LogP contribution in [-0.4, -0.2) is 16.8 Å². The molecule has 0 unspecified atom stereocenters. The third-order valence-corrected chi connectivity index (χ3v) is 3.12. The Morgan fingerprint density at radius 2 is 1.89 bits per heavy atom. The molecule has 5 heteroatoms. The largest absolute Gasteiger partial charge is 0.273 e. The summed E-state index contributed by atoms with van der Waals surface area (Å²) in [5.74, 6) is -0.411. The fourth-order valence-corrected chi connectivity index (χ4v) is 1.92. The van der Waals surface area contributed by atoms with Crippen molar-refractivity contribution < 1.29 is 9.59 Å². The van der Waals surface area contributed by atoms with Crippen molar-refractivity contribution in [3.05, 3.63) is 42.1 Å². The Morgan fingerprint density at radius 1 is 1.11 bits per heavy atom. The molecule has 0 bridgehead atoms. The second-order valence-corrected chi connectivity index (χ2v) is 4.60. The van der Waals surface area contributed by atoms with Gasteiger partial charge in [0.15, 0.2) is 0 Å². The van der Waals surface area contributed by atoms with E-state index >= 15 is 0 Å². The molecule has 5 nitrogen and oxygen atoms in total. The third-order valence-electron chi connectivity index (χ3n) is 3.12. The van der Waals surface area contributed by atoms with Crippen molar-refractivity contribution in [2.24, 2.45) is 5.92 Å². The lowest BCUT2D eigenvalue weighted by molar-refractivity contribution is -0.123. The number of rotatable bonds is 2. The maximum atomic E-state index is 12.0. The van der Waals surface area contributed by atoms with Crippen LogP contribution in [0.3, 0.4) is 0 Å². The maximum absolute atomic E-state index is 12.0. The molecule has 1 aliphatic rings. The van der Waals surface area contributed by atoms with Crippen molar-refractivity contribution in [3.63, 3.8) is 0 Å². The van der Waals surface area contributed by atoms with Gasteiger partial charge in [-0.25, -0.2) is 0 Å². The van der Waals surface area contributed by atoms with E-state index in [1.165, 1.54) is 0 Å². The molecule has 2 amide bonds. The minimum Gasteiger partial charge on any atom is -0.273 e.